The lowest BCUT2D eigenvalue weighted by atomic mass is 10.3. The van der Waals surface area contributed by atoms with Gasteiger partial charge in [0.2, 0.25) is 5.91 Å². The predicted octanol–water partition coefficient (Wildman–Crippen LogP) is 4.74. The second-order valence-electron chi connectivity index (χ2n) is 6.75. The fourth-order valence-corrected chi connectivity index (χ4v) is 3.98. The number of amides is 1. The van der Waals surface area contributed by atoms with E-state index in [-0.39, 0.29) is 28.1 Å². The maximum atomic E-state index is 12.4. The number of thioether (sulfide) groups is 1. The Balaban J connectivity index is 1.67. The average Bonchev–Trinajstić information content (AvgIpc) is 3.22. The second kappa shape index (κ2) is 11.0. The van der Waals surface area contributed by atoms with Crippen LogP contribution in [0.3, 0.4) is 0 Å². The topological polar surface area (TPSA) is 121 Å². The fourth-order valence-electron chi connectivity index (χ4n) is 3.00. The Hall–Kier alpha value is -3.31. The van der Waals surface area contributed by atoms with Crippen molar-refractivity contribution in [3.05, 3.63) is 63.4 Å². The lowest BCUT2D eigenvalue weighted by Crippen LogP contribution is -2.16. The molecule has 2 aromatic carbocycles. The molecule has 1 N–H and O–H groups in total. The zero-order valence-corrected chi connectivity index (χ0v) is 19.7. The molecule has 0 aliphatic rings. The third-order valence-electron chi connectivity index (χ3n) is 4.57. The molecule has 1 aromatic heterocycles. The molecule has 3 rings (SSSR count). The minimum Gasteiger partial charge on any atom is -0.493 e. The number of hydrogen-bond acceptors (Lipinski definition) is 8. The maximum absolute atomic E-state index is 12.4. The molecular formula is C21H22ClN5O5S. The summed E-state index contributed by atoms with van der Waals surface area (Å²) >= 11 is 7.23. The number of nitro benzene ring substituents is 1. The standard InChI is InChI=1S/C21H22ClN5O5S/c1-4-26-20(13(2)32-18-8-6-5-7-17(18)31-3)24-25-21(26)33-12-19(28)23-16-11-14(27(29)30)9-10-15(16)22/h5-11,13H,4,12H2,1-3H3,(H,23,28). The van der Waals surface area contributed by atoms with Gasteiger partial charge in [0, 0.05) is 18.7 Å². The summed E-state index contributed by atoms with van der Waals surface area (Å²) in [7, 11) is 1.57. The number of benzene rings is 2. The highest BCUT2D eigenvalue weighted by Crippen LogP contribution is 2.31. The number of nitro groups is 1. The number of hydrogen-bond donors (Lipinski definition) is 1. The van der Waals surface area contributed by atoms with Crippen LogP contribution in [0.25, 0.3) is 0 Å². The average molecular weight is 492 g/mol. The number of aromatic nitrogens is 3. The predicted molar refractivity (Wildman–Crippen MR) is 125 cm³/mol. The molecule has 0 fully saturated rings. The minimum absolute atomic E-state index is 0.0128. The van der Waals surface area contributed by atoms with E-state index in [1.54, 1.807) is 19.2 Å². The van der Waals surface area contributed by atoms with Crippen LogP contribution in [0, 0.1) is 10.1 Å². The third kappa shape index (κ3) is 5.93. The molecule has 0 saturated carbocycles. The number of non-ortho nitro benzene ring substituents is 1. The highest BCUT2D eigenvalue weighted by atomic mass is 35.5. The van der Waals surface area contributed by atoms with Gasteiger partial charge in [0.25, 0.3) is 5.69 Å². The maximum Gasteiger partial charge on any atom is 0.271 e. The van der Waals surface area contributed by atoms with Crippen LogP contribution in [-0.2, 0) is 11.3 Å². The van der Waals surface area contributed by atoms with Gasteiger partial charge in [-0.1, -0.05) is 35.5 Å². The first-order chi connectivity index (χ1) is 15.8. The SMILES string of the molecule is CCn1c(SCC(=O)Nc2cc([N+](=O)[O-])ccc2Cl)nnc1C(C)Oc1ccccc1OC. The van der Waals surface area contributed by atoms with Crippen LogP contribution < -0.4 is 14.8 Å². The lowest BCUT2D eigenvalue weighted by Gasteiger charge is -2.17. The molecule has 174 valence electrons. The van der Waals surface area contributed by atoms with Gasteiger partial charge in [0.05, 0.1) is 28.5 Å². The van der Waals surface area contributed by atoms with Gasteiger partial charge in [-0.2, -0.15) is 0 Å². The van der Waals surface area contributed by atoms with Gasteiger partial charge in [0.1, 0.15) is 0 Å². The van der Waals surface area contributed by atoms with Gasteiger partial charge in [-0.3, -0.25) is 14.9 Å². The first-order valence-electron chi connectivity index (χ1n) is 9.93. The Morgan fingerprint density at radius 3 is 2.67 bits per heavy atom. The van der Waals surface area contributed by atoms with E-state index in [9.17, 15) is 14.9 Å². The van der Waals surface area contributed by atoms with Crippen molar-refractivity contribution in [3.8, 4) is 11.5 Å². The number of nitrogens with zero attached hydrogens (tertiary/aromatic N) is 4. The molecule has 0 aliphatic carbocycles. The van der Waals surface area contributed by atoms with E-state index in [2.05, 4.69) is 15.5 Å². The van der Waals surface area contributed by atoms with Gasteiger partial charge >= 0.3 is 0 Å². The summed E-state index contributed by atoms with van der Waals surface area (Å²) in [5.41, 5.74) is 0.00898. The second-order valence-corrected chi connectivity index (χ2v) is 8.10. The van der Waals surface area contributed by atoms with Crippen LogP contribution >= 0.6 is 23.4 Å². The van der Waals surface area contributed by atoms with Gasteiger partial charge < -0.3 is 19.4 Å². The van der Waals surface area contributed by atoms with E-state index < -0.39 is 11.0 Å². The molecule has 33 heavy (non-hydrogen) atoms. The number of carbonyl (C=O) groups is 1. The first-order valence-corrected chi connectivity index (χ1v) is 11.3. The number of nitrogens with one attached hydrogen (secondary N) is 1. The largest absolute Gasteiger partial charge is 0.493 e. The number of halogens is 1. The highest BCUT2D eigenvalue weighted by molar-refractivity contribution is 7.99. The summed E-state index contributed by atoms with van der Waals surface area (Å²) in [6.07, 6.45) is -0.416. The molecule has 3 aromatic rings. The van der Waals surface area contributed by atoms with Crippen molar-refractivity contribution in [2.45, 2.75) is 31.7 Å². The molecule has 0 aliphatic heterocycles. The third-order valence-corrected chi connectivity index (χ3v) is 5.86. The molecule has 0 spiro atoms. The van der Waals surface area contributed by atoms with Crippen LogP contribution in [0.4, 0.5) is 11.4 Å². The Kier molecular flexibility index (Phi) is 8.12. The zero-order chi connectivity index (χ0) is 24.0. The Labute approximate surface area is 199 Å². The monoisotopic (exact) mass is 491 g/mol. The first kappa shape index (κ1) is 24.3. The molecule has 0 radical (unpaired) electrons. The number of para-hydroxylation sites is 2. The van der Waals surface area contributed by atoms with E-state index in [4.69, 9.17) is 21.1 Å². The van der Waals surface area contributed by atoms with Crippen LogP contribution in [0.2, 0.25) is 5.02 Å². The Bertz CT molecular complexity index is 1160. The number of methoxy groups -OCH3 is 1. The van der Waals surface area contributed by atoms with Crippen molar-refractivity contribution in [2.75, 3.05) is 18.2 Å². The van der Waals surface area contributed by atoms with Gasteiger partial charge in [-0.05, 0) is 32.0 Å². The van der Waals surface area contributed by atoms with E-state index in [1.165, 1.54) is 30.0 Å². The lowest BCUT2D eigenvalue weighted by molar-refractivity contribution is -0.384. The van der Waals surface area contributed by atoms with E-state index >= 15 is 0 Å². The highest BCUT2D eigenvalue weighted by Gasteiger charge is 2.21. The smallest absolute Gasteiger partial charge is 0.271 e. The number of ether oxygens (including phenoxy) is 2. The molecular weight excluding hydrogens is 470 g/mol. The van der Waals surface area contributed by atoms with Crippen molar-refractivity contribution in [3.63, 3.8) is 0 Å². The molecule has 1 unspecified atom stereocenters. The molecule has 10 nitrogen and oxygen atoms in total. The molecule has 1 amide bonds. The van der Waals surface area contributed by atoms with Crippen LogP contribution in [0.5, 0.6) is 11.5 Å². The minimum atomic E-state index is -0.555. The van der Waals surface area contributed by atoms with Crippen molar-refractivity contribution in [2.24, 2.45) is 0 Å². The number of carbonyl (C=O) groups excluding carboxylic acids is 1. The summed E-state index contributed by atoms with van der Waals surface area (Å²) in [6.45, 7) is 4.37. The number of rotatable bonds is 10. The summed E-state index contributed by atoms with van der Waals surface area (Å²) in [6, 6.07) is 11.2. The van der Waals surface area contributed by atoms with Crippen LogP contribution in [0.15, 0.2) is 47.6 Å². The van der Waals surface area contributed by atoms with Crippen molar-refractivity contribution >= 4 is 40.6 Å². The Morgan fingerprint density at radius 1 is 1.27 bits per heavy atom. The van der Waals surface area contributed by atoms with Gasteiger partial charge in [-0.15, -0.1) is 10.2 Å². The van der Waals surface area contributed by atoms with Crippen LogP contribution in [0.1, 0.15) is 25.8 Å². The summed E-state index contributed by atoms with van der Waals surface area (Å²) in [4.78, 5) is 22.8. The zero-order valence-electron chi connectivity index (χ0n) is 18.1. The van der Waals surface area contributed by atoms with E-state index in [0.717, 1.165) is 0 Å². The van der Waals surface area contributed by atoms with Gasteiger partial charge in [0.15, 0.2) is 28.6 Å². The summed E-state index contributed by atoms with van der Waals surface area (Å²) < 4.78 is 13.2. The normalized spacial score (nSPS) is 11.6. The summed E-state index contributed by atoms with van der Waals surface area (Å²) in [5.74, 6) is 1.43. The van der Waals surface area contributed by atoms with Gasteiger partial charge in [-0.25, -0.2) is 0 Å². The molecule has 1 atom stereocenters. The van der Waals surface area contributed by atoms with Crippen LogP contribution in [-0.4, -0.2) is 38.5 Å². The summed E-state index contributed by atoms with van der Waals surface area (Å²) in [5, 5.41) is 22.7. The Morgan fingerprint density at radius 2 is 2.00 bits per heavy atom. The quantitative estimate of drug-likeness (QED) is 0.245. The molecule has 1 heterocycles. The van der Waals surface area contributed by atoms with E-state index in [1.807, 2.05) is 30.5 Å². The number of anilines is 1. The molecule has 12 heteroatoms. The molecule has 0 bridgehead atoms. The fraction of sp³-hybridized carbons (Fsp3) is 0.286. The van der Waals surface area contributed by atoms with E-state index in [0.29, 0.717) is 29.0 Å². The molecule has 0 saturated heterocycles. The van der Waals surface area contributed by atoms with Crippen molar-refractivity contribution < 1.29 is 19.2 Å². The van der Waals surface area contributed by atoms with Crippen molar-refractivity contribution in [1.29, 1.82) is 0 Å². The van der Waals surface area contributed by atoms with Crippen molar-refractivity contribution in [1.82, 2.24) is 14.8 Å².